The van der Waals surface area contributed by atoms with Crippen molar-refractivity contribution in [2.75, 3.05) is 0 Å². The molecular formula is C6H4O2. The van der Waals surface area contributed by atoms with Gasteiger partial charge in [-0.25, -0.2) is 0 Å². The lowest BCUT2D eigenvalue weighted by molar-refractivity contribution is -0.118. The van der Waals surface area contributed by atoms with Crippen LogP contribution in [-0.2, 0) is 9.53 Å². The number of allylic oxidation sites excluding steroid dienone is 1. The van der Waals surface area contributed by atoms with Gasteiger partial charge in [-0.05, 0) is 12.2 Å². The first kappa shape index (κ1) is 3.89. The van der Waals surface area contributed by atoms with Crippen LogP contribution < -0.4 is 0 Å². The third kappa shape index (κ3) is 0.304. The van der Waals surface area contributed by atoms with Crippen molar-refractivity contribution in [2.24, 2.45) is 0 Å². The van der Waals surface area contributed by atoms with Gasteiger partial charge in [0.15, 0.2) is 6.10 Å². The average molecular weight is 108 g/mol. The van der Waals surface area contributed by atoms with Crippen LogP contribution in [-0.4, -0.2) is 11.9 Å². The zero-order chi connectivity index (χ0) is 5.56. The van der Waals surface area contributed by atoms with Crippen molar-refractivity contribution in [1.82, 2.24) is 0 Å². The Hall–Kier alpha value is -1.05. The van der Waals surface area contributed by atoms with Gasteiger partial charge >= 0.3 is 0 Å². The van der Waals surface area contributed by atoms with Crippen molar-refractivity contribution in [3.8, 4) is 0 Å². The number of ether oxygens (including phenoxy) is 1. The van der Waals surface area contributed by atoms with Crippen LogP contribution in [0.1, 0.15) is 0 Å². The van der Waals surface area contributed by atoms with E-state index in [1.165, 1.54) is 6.08 Å². The second kappa shape index (κ2) is 1.02. The quantitative estimate of drug-likeness (QED) is 0.449. The summed E-state index contributed by atoms with van der Waals surface area (Å²) in [7, 11) is 0. The van der Waals surface area contributed by atoms with Gasteiger partial charge in [-0.15, -0.1) is 0 Å². The van der Waals surface area contributed by atoms with Gasteiger partial charge in [-0.2, -0.15) is 0 Å². The normalized spacial score (nSPS) is 30.8. The molecule has 2 heteroatoms. The molecule has 2 bridgehead atoms. The minimum Gasteiger partial charge on any atom is -0.478 e. The summed E-state index contributed by atoms with van der Waals surface area (Å²) in [5, 5.41) is 0. The molecule has 8 heavy (non-hydrogen) atoms. The molecule has 0 spiro atoms. The summed E-state index contributed by atoms with van der Waals surface area (Å²) in [5.74, 6) is 0.780. The third-order valence-electron chi connectivity index (χ3n) is 1.26. The van der Waals surface area contributed by atoms with Crippen LogP contribution in [0, 0.1) is 0 Å². The number of carbonyl (C=O) groups is 1. The Kier molecular flexibility index (Phi) is 0.497. The van der Waals surface area contributed by atoms with E-state index in [0.717, 1.165) is 0 Å². The molecule has 0 radical (unpaired) electrons. The fourth-order valence-corrected chi connectivity index (χ4v) is 0.865. The van der Waals surface area contributed by atoms with Gasteiger partial charge in [0.1, 0.15) is 5.76 Å². The van der Waals surface area contributed by atoms with Crippen molar-refractivity contribution in [3.63, 3.8) is 0 Å². The SMILES string of the molecule is O=C1C=C2C=CC1O2. The summed E-state index contributed by atoms with van der Waals surface area (Å²) >= 11 is 0. The van der Waals surface area contributed by atoms with Gasteiger partial charge in [0.2, 0.25) is 5.78 Å². The highest BCUT2D eigenvalue weighted by Gasteiger charge is 2.27. The molecule has 0 saturated carbocycles. The Morgan fingerprint density at radius 3 is 2.75 bits per heavy atom. The molecule has 2 nitrogen and oxygen atoms in total. The predicted molar refractivity (Wildman–Crippen MR) is 27.1 cm³/mol. The van der Waals surface area contributed by atoms with Gasteiger partial charge in [0.05, 0.1) is 0 Å². The van der Waals surface area contributed by atoms with E-state index in [2.05, 4.69) is 0 Å². The molecule has 2 aliphatic heterocycles. The van der Waals surface area contributed by atoms with Gasteiger partial charge in [0.25, 0.3) is 0 Å². The zero-order valence-electron chi connectivity index (χ0n) is 4.13. The summed E-state index contributed by atoms with van der Waals surface area (Å²) in [6.45, 7) is 0. The summed E-state index contributed by atoms with van der Waals surface area (Å²) in [5.41, 5.74) is 0. The molecule has 1 atom stereocenters. The van der Waals surface area contributed by atoms with E-state index in [-0.39, 0.29) is 11.9 Å². The fraction of sp³-hybridized carbons (Fsp3) is 0.167. The van der Waals surface area contributed by atoms with Gasteiger partial charge in [-0.1, -0.05) is 0 Å². The minimum atomic E-state index is -0.273. The Balaban J connectivity index is 2.52. The van der Waals surface area contributed by atoms with E-state index in [9.17, 15) is 4.79 Å². The Morgan fingerprint density at radius 2 is 2.50 bits per heavy atom. The molecule has 0 aromatic rings. The molecule has 0 saturated heterocycles. The van der Waals surface area contributed by atoms with E-state index < -0.39 is 0 Å². The number of hydrogen-bond acceptors (Lipinski definition) is 2. The lowest BCUT2D eigenvalue weighted by Gasteiger charge is -1.94. The van der Waals surface area contributed by atoms with Gasteiger partial charge in [-0.3, -0.25) is 4.79 Å². The number of hydrogen-bond donors (Lipinski definition) is 0. The predicted octanol–water partition coefficient (Wildman–Crippen LogP) is 0.408. The monoisotopic (exact) mass is 108 g/mol. The smallest absolute Gasteiger partial charge is 0.203 e. The largest absolute Gasteiger partial charge is 0.478 e. The highest BCUT2D eigenvalue weighted by Crippen LogP contribution is 2.22. The minimum absolute atomic E-state index is 0.0718. The van der Waals surface area contributed by atoms with Crippen LogP contribution in [0.25, 0.3) is 0 Å². The molecule has 0 aromatic carbocycles. The molecule has 0 fully saturated rings. The van der Waals surface area contributed by atoms with Crippen molar-refractivity contribution < 1.29 is 9.53 Å². The van der Waals surface area contributed by atoms with Crippen molar-refractivity contribution in [3.05, 3.63) is 24.0 Å². The first-order valence-corrected chi connectivity index (χ1v) is 2.47. The van der Waals surface area contributed by atoms with Gasteiger partial charge in [0, 0.05) is 6.08 Å². The highest BCUT2D eigenvalue weighted by atomic mass is 16.5. The second-order valence-corrected chi connectivity index (χ2v) is 1.85. The number of fused-ring (bicyclic) bond motifs is 2. The molecular weight excluding hydrogens is 104 g/mol. The maximum absolute atomic E-state index is 10.6. The van der Waals surface area contributed by atoms with Crippen LogP contribution in [0.3, 0.4) is 0 Å². The fourth-order valence-electron chi connectivity index (χ4n) is 0.865. The van der Waals surface area contributed by atoms with Crippen LogP contribution in [0.4, 0.5) is 0 Å². The summed E-state index contributed by atoms with van der Waals surface area (Å²) in [4.78, 5) is 10.6. The lowest BCUT2D eigenvalue weighted by Crippen LogP contribution is -2.09. The van der Waals surface area contributed by atoms with Crippen molar-refractivity contribution in [2.45, 2.75) is 6.10 Å². The number of carbonyl (C=O) groups excluding carboxylic acids is 1. The Labute approximate surface area is 46.4 Å². The first-order valence-electron chi connectivity index (χ1n) is 2.47. The Bertz CT molecular complexity index is 201. The van der Waals surface area contributed by atoms with E-state index in [0.29, 0.717) is 5.76 Å². The average Bonchev–Trinajstić information content (AvgIpc) is 2.23. The van der Waals surface area contributed by atoms with Crippen molar-refractivity contribution in [1.29, 1.82) is 0 Å². The lowest BCUT2D eigenvalue weighted by atomic mass is 10.2. The molecule has 2 heterocycles. The zero-order valence-corrected chi connectivity index (χ0v) is 4.13. The second-order valence-electron chi connectivity index (χ2n) is 1.85. The number of rotatable bonds is 0. The molecule has 0 amide bonds. The first-order chi connectivity index (χ1) is 3.86. The summed E-state index contributed by atoms with van der Waals surface area (Å²) < 4.78 is 4.98. The third-order valence-corrected chi connectivity index (χ3v) is 1.26. The molecule has 40 valence electrons. The van der Waals surface area contributed by atoms with E-state index >= 15 is 0 Å². The van der Waals surface area contributed by atoms with Crippen molar-refractivity contribution >= 4 is 5.78 Å². The highest BCUT2D eigenvalue weighted by molar-refractivity contribution is 5.99. The molecule has 2 aliphatic rings. The van der Waals surface area contributed by atoms with E-state index in [1.54, 1.807) is 6.08 Å². The topological polar surface area (TPSA) is 26.3 Å². The summed E-state index contributed by atoms with van der Waals surface area (Å²) in [6.07, 6.45) is 4.82. The number of ketones is 1. The summed E-state index contributed by atoms with van der Waals surface area (Å²) in [6, 6.07) is 0. The molecule has 0 aliphatic carbocycles. The molecule has 0 aromatic heterocycles. The molecule has 0 N–H and O–H groups in total. The molecule has 1 unspecified atom stereocenters. The van der Waals surface area contributed by atoms with E-state index in [1.807, 2.05) is 6.08 Å². The maximum Gasteiger partial charge on any atom is 0.203 e. The van der Waals surface area contributed by atoms with Crippen LogP contribution in [0.5, 0.6) is 0 Å². The standard InChI is InChI=1S/C6H4O2/c7-5-3-4-1-2-6(5)8-4/h1-3,6H. The van der Waals surface area contributed by atoms with Crippen LogP contribution in [0.15, 0.2) is 24.0 Å². The van der Waals surface area contributed by atoms with E-state index in [4.69, 9.17) is 4.74 Å². The maximum atomic E-state index is 10.6. The van der Waals surface area contributed by atoms with Crippen LogP contribution in [0.2, 0.25) is 0 Å². The molecule has 2 rings (SSSR count). The van der Waals surface area contributed by atoms with Gasteiger partial charge < -0.3 is 4.74 Å². The Morgan fingerprint density at radius 1 is 1.62 bits per heavy atom. The van der Waals surface area contributed by atoms with Crippen LogP contribution >= 0.6 is 0 Å².